The van der Waals surface area contributed by atoms with Gasteiger partial charge in [-0.05, 0) is 62.4 Å². The SMILES string of the molecule is CCOc1ccc(NC(=O)C(C)Oc2ccc(OC)cc2)cc1. The van der Waals surface area contributed by atoms with Gasteiger partial charge in [-0.2, -0.15) is 0 Å². The zero-order chi connectivity index (χ0) is 16.7. The molecule has 2 aromatic carbocycles. The van der Waals surface area contributed by atoms with Crippen LogP contribution in [0.4, 0.5) is 5.69 Å². The van der Waals surface area contributed by atoms with Gasteiger partial charge in [-0.1, -0.05) is 0 Å². The maximum atomic E-state index is 12.2. The second-order valence-electron chi connectivity index (χ2n) is 4.88. The molecule has 0 radical (unpaired) electrons. The largest absolute Gasteiger partial charge is 0.497 e. The highest BCUT2D eigenvalue weighted by Gasteiger charge is 2.15. The van der Waals surface area contributed by atoms with Gasteiger partial charge in [0.1, 0.15) is 17.2 Å². The van der Waals surface area contributed by atoms with Gasteiger partial charge in [0.05, 0.1) is 13.7 Å². The first-order chi connectivity index (χ1) is 11.1. The number of hydrogen-bond acceptors (Lipinski definition) is 4. The van der Waals surface area contributed by atoms with Gasteiger partial charge >= 0.3 is 0 Å². The summed E-state index contributed by atoms with van der Waals surface area (Å²) in [7, 11) is 1.60. The van der Waals surface area contributed by atoms with Gasteiger partial charge in [-0.25, -0.2) is 0 Å². The summed E-state index contributed by atoms with van der Waals surface area (Å²) >= 11 is 0. The van der Waals surface area contributed by atoms with Crippen LogP contribution in [0.2, 0.25) is 0 Å². The van der Waals surface area contributed by atoms with Crippen molar-refractivity contribution in [1.82, 2.24) is 0 Å². The summed E-state index contributed by atoms with van der Waals surface area (Å²) in [5.74, 6) is 1.90. The summed E-state index contributed by atoms with van der Waals surface area (Å²) < 4.78 is 16.1. The van der Waals surface area contributed by atoms with Crippen LogP contribution in [0.3, 0.4) is 0 Å². The fourth-order valence-corrected chi connectivity index (χ4v) is 1.96. The minimum absolute atomic E-state index is 0.218. The summed E-state index contributed by atoms with van der Waals surface area (Å²) in [4.78, 5) is 12.2. The van der Waals surface area contributed by atoms with Crippen LogP contribution >= 0.6 is 0 Å². The van der Waals surface area contributed by atoms with Crippen molar-refractivity contribution in [2.75, 3.05) is 19.0 Å². The van der Waals surface area contributed by atoms with Crippen molar-refractivity contribution >= 4 is 11.6 Å². The lowest BCUT2D eigenvalue weighted by Gasteiger charge is -2.15. The van der Waals surface area contributed by atoms with Crippen molar-refractivity contribution in [3.63, 3.8) is 0 Å². The molecule has 0 bridgehead atoms. The number of carbonyl (C=O) groups excluding carboxylic acids is 1. The molecule has 0 spiro atoms. The number of anilines is 1. The molecule has 0 aromatic heterocycles. The van der Waals surface area contributed by atoms with Crippen molar-refractivity contribution in [2.24, 2.45) is 0 Å². The molecule has 1 N–H and O–H groups in total. The molecule has 122 valence electrons. The number of rotatable bonds is 7. The Morgan fingerprint density at radius 3 is 2.13 bits per heavy atom. The fourth-order valence-electron chi connectivity index (χ4n) is 1.96. The lowest BCUT2D eigenvalue weighted by Crippen LogP contribution is -2.30. The molecule has 1 amide bonds. The maximum Gasteiger partial charge on any atom is 0.265 e. The molecule has 1 atom stereocenters. The van der Waals surface area contributed by atoms with E-state index < -0.39 is 6.10 Å². The van der Waals surface area contributed by atoms with Gasteiger partial charge in [0.25, 0.3) is 5.91 Å². The zero-order valence-corrected chi connectivity index (χ0v) is 13.5. The van der Waals surface area contributed by atoms with Crippen molar-refractivity contribution < 1.29 is 19.0 Å². The summed E-state index contributed by atoms with van der Waals surface area (Å²) in [6, 6.07) is 14.3. The average Bonchev–Trinajstić information content (AvgIpc) is 2.57. The molecule has 0 aliphatic rings. The van der Waals surface area contributed by atoms with Crippen molar-refractivity contribution in [3.05, 3.63) is 48.5 Å². The Morgan fingerprint density at radius 1 is 1.00 bits per heavy atom. The van der Waals surface area contributed by atoms with E-state index in [0.29, 0.717) is 18.0 Å². The summed E-state index contributed by atoms with van der Waals surface area (Å²) in [6.07, 6.45) is -0.616. The third-order valence-corrected chi connectivity index (χ3v) is 3.17. The molecule has 1 unspecified atom stereocenters. The van der Waals surface area contributed by atoms with Gasteiger partial charge in [0, 0.05) is 5.69 Å². The summed E-state index contributed by atoms with van der Waals surface area (Å²) in [6.45, 7) is 4.24. The van der Waals surface area contributed by atoms with Gasteiger partial charge in [-0.3, -0.25) is 4.79 Å². The Balaban J connectivity index is 1.90. The van der Waals surface area contributed by atoms with Gasteiger partial charge in [0.2, 0.25) is 0 Å². The fraction of sp³-hybridized carbons (Fsp3) is 0.278. The van der Waals surface area contributed by atoms with Crippen LogP contribution in [-0.2, 0) is 4.79 Å². The summed E-state index contributed by atoms with van der Waals surface area (Å²) in [5.41, 5.74) is 0.698. The van der Waals surface area contributed by atoms with E-state index in [1.165, 1.54) is 0 Å². The highest BCUT2D eigenvalue weighted by atomic mass is 16.5. The topological polar surface area (TPSA) is 56.8 Å². The molecule has 0 heterocycles. The van der Waals surface area contributed by atoms with Gasteiger partial charge in [0.15, 0.2) is 6.10 Å². The standard InChI is InChI=1S/C18H21NO4/c1-4-22-16-7-5-14(6-8-16)19-18(20)13(2)23-17-11-9-15(21-3)10-12-17/h5-13H,4H2,1-3H3,(H,19,20). The van der Waals surface area contributed by atoms with Crippen molar-refractivity contribution in [2.45, 2.75) is 20.0 Å². The van der Waals surface area contributed by atoms with Crippen LogP contribution in [0.5, 0.6) is 17.2 Å². The Labute approximate surface area is 136 Å². The lowest BCUT2D eigenvalue weighted by molar-refractivity contribution is -0.122. The smallest absolute Gasteiger partial charge is 0.265 e. The van der Waals surface area contributed by atoms with Crippen LogP contribution in [0.1, 0.15) is 13.8 Å². The number of amides is 1. The molecule has 5 heteroatoms. The zero-order valence-electron chi connectivity index (χ0n) is 13.5. The monoisotopic (exact) mass is 315 g/mol. The molecule has 0 aliphatic heterocycles. The molecule has 2 aromatic rings. The van der Waals surface area contributed by atoms with E-state index in [2.05, 4.69) is 5.32 Å². The van der Waals surface area contributed by atoms with E-state index in [0.717, 1.165) is 11.5 Å². The van der Waals surface area contributed by atoms with Crippen LogP contribution in [0.15, 0.2) is 48.5 Å². The highest BCUT2D eigenvalue weighted by Crippen LogP contribution is 2.19. The maximum absolute atomic E-state index is 12.2. The minimum Gasteiger partial charge on any atom is -0.497 e. The number of benzene rings is 2. The predicted octanol–water partition coefficient (Wildman–Crippen LogP) is 3.50. The van der Waals surface area contributed by atoms with E-state index in [9.17, 15) is 4.79 Å². The third-order valence-electron chi connectivity index (χ3n) is 3.17. The first-order valence-electron chi connectivity index (χ1n) is 7.46. The minimum atomic E-state index is -0.616. The van der Waals surface area contributed by atoms with E-state index >= 15 is 0 Å². The number of ether oxygens (including phenoxy) is 3. The molecular weight excluding hydrogens is 294 g/mol. The van der Waals surface area contributed by atoms with E-state index in [4.69, 9.17) is 14.2 Å². The second kappa shape index (κ2) is 8.08. The van der Waals surface area contributed by atoms with E-state index in [-0.39, 0.29) is 5.91 Å². The van der Waals surface area contributed by atoms with Crippen molar-refractivity contribution in [3.8, 4) is 17.2 Å². The molecule has 2 rings (SSSR count). The quantitative estimate of drug-likeness (QED) is 0.849. The number of hydrogen-bond donors (Lipinski definition) is 1. The number of carbonyl (C=O) groups is 1. The number of nitrogens with one attached hydrogen (secondary N) is 1. The Bertz CT molecular complexity index is 622. The molecule has 0 saturated carbocycles. The van der Waals surface area contributed by atoms with Crippen LogP contribution in [0.25, 0.3) is 0 Å². The molecule has 0 aliphatic carbocycles. The third kappa shape index (κ3) is 4.92. The Hall–Kier alpha value is -2.69. The van der Waals surface area contributed by atoms with E-state index in [1.54, 1.807) is 50.4 Å². The van der Waals surface area contributed by atoms with E-state index in [1.807, 2.05) is 19.1 Å². The molecule has 0 fully saturated rings. The summed E-state index contributed by atoms with van der Waals surface area (Å²) in [5, 5.41) is 2.81. The Morgan fingerprint density at radius 2 is 1.57 bits per heavy atom. The molecule has 0 saturated heterocycles. The van der Waals surface area contributed by atoms with Crippen LogP contribution < -0.4 is 19.5 Å². The average molecular weight is 315 g/mol. The molecule has 5 nitrogen and oxygen atoms in total. The second-order valence-corrected chi connectivity index (χ2v) is 4.88. The molecular formula is C18H21NO4. The first-order valence-corrected chi connectivity index (χ1v) is 7.46. The van der Waals surface area contributed by atoms with Crippen molar-refractivity contribution in [1.29, 1.82) is 0 Å². The number of methoxy groups -OCH3 is 1. The van der Waals surface area contributed by atoms with Crippen LogP contribution in [0, 0.1) is 0 Å². The van der Waals surface area contributed by atoms with Gasteiger partial charge in [-0.15, -0.1) is 0 Å². The highest BCUT2D eigenvalue weighted by molar-refractivity contribution is 5.94. The first kappa shape index (κ1) is 16.7. The lowest BCUT2D eigenvalue weighted by atomic mass is 10.2. The van der Waals surface area contributed by atoms with Crippen LogP contribution in [-0.4, -0.2) is 25.7 Å². The van der Waals surface area contributed by atoms with Gasteiger partial charge < -0.3 is 19.5 Å². The predicted molar refractivity (Wildman–Crippen MR) is 89.3 cm³/mol. The Kier molecular flexibility index (Phi) is 5.86. The normalized spacial score (nSPS) is 11.4. The molecule has 23 heavy (non-hydrogen) atoms.